The van der Waals surface area contributed by atoms with Gasteiger partial charge in [-0.25, -0.2) is 4.98 Å². The number of rotatable bonds is 3. The second-order valence-electron chi connectivity index (χ2n) is 4.02. The lowest BCUT2D eigenvalue weighted by molar-refractivity contribution is -0.136. The van der Waals surface area contributed by atoms with Crippen molar-refractivity contribution in [2.24, 2.45) is 0 Å². The molecular formula is C12H12F3N3S. The lowest BCUT2D eigenvalue weighted by Gasteiger charge is -2.12. The van der Waals surface area contributed by atoms with Crippen molar-refractivity contribution < 1.29 is 13.2 Å². The topological polar surface area (TPSA) is 50.9 Å². The maximum absolute atomic E-state index is 12.7. The van der Waals surface area contributed by atoms with Gasteiger partial charge < -0.3 is 11.1 Å². The molecule has 0 spiro atoms. The van der Waals surface area contributed by atoms with Crippen LogP contribution >= 0.6 is 11.3 Å². The summed E-state index contributed by atoms with van der Waals surface area (Å²) in [6, 6.07) is 3.78. The van der Waals surface area contributed by atoms with Crippen LogP contribution in [0.3, 0.4) is 0 Å². The van der Waals surface area contributed by atoms with Gasteiger partial charge >= 0.3 is 6.18 Å². The van der Waals surface area contributed by atoms with Crippen molar-refractivity contribution in [2.45, 2.75) is 19.6 Å². The molecular weight excluding hydrogens is 275 g/mol. The fourth-order valence-corrected chi connectivity index (χ4v) is 2.30. The summed E-state index contributed by atoms with van der Waals surface area (Å²) in [5.41, 5.74) is 4.60. The molecule has 1 aromatic heterocycles. The van der Waals surface area contributed by atoms with Crippen LogP contribution in [0.2, 0.25) is 0 Å². The van der Waals surface area contributed by atoms with E-state index in [1.807, 2.05) is 6.92 Å². The molecule has 3 nitrogen and oxygen atoms in total. The first kappa shape index (κ1) is 13.7. The number of hydrogen-bond acceptors (Lipinski definition) is 4. The van der Waals surface area contributed by atoms with Crippen molar-refractivity contribution in [3.63, 3.8) is 0 Å². The normalized spacial score (nSPS) is 11.6. The SMILES string of the molecule is Cc1cnc(CNc2ccc(N)c(C(F)(F)F)c2)s1. The molecule has 2 rings (SSSR count). The van der Waals surface area contributed by atoms with E-state index in [2.05, 4.69) is 10.3 Å². The molecule has 1 aromatic carbocycles. The highest BCUT2D eigenvalue weighted by molar-refractivity contribution is 7.11. The molecule has 0 saturated carbocycles. The molecule has 0 unspecified atom stereocenters. The van der Waals surface area contributed by atoms with E-state index >= 15 is 0 Å². The lowest BCUT2D eigenvalue weighted by atomic mass is 10.1. The Balaban J connectivity index is 2.13. The molecule has 0 atom stereocenters. The third-order valence-corrected chi connectivity index (χ3v) is 3.38. The molecule has 0 aliphatic heterocycles. The van der Waals surface area contributed by atoms with Crippen molar-refractivity contribution in [1.29, 1.82) is 0 Å². The molecule has 0 fully saturated rings. The van der Waals surface area contributed by atoms with Crippen LogP contribution in [0.5, 0.6) is 0 Å². The minimum Gasteiger partial charge on any atom is -0.398 e. The minimum absolute atomic E-state index is 0.275. The minimum atomic E-state index is -4.44. The van der Waals surface area contributed by atoms with Crippen LogP contribution in [0.4, 0.5) is 24.5 Å². The second-order valence-corrected chi connectivity index (χ2v) is 5.34. The standard InChI is InChI=1S/C12H12F3N3S/c1-7-5-18-11(19-7)6-17-8-2-3-10(16)9(4-8)12(13,14)15/h2-5,17H,6,16H2,1H3. The number of hydrogen-bond donors (Lipinski definition) is 2. The van der Waals surface area contributed by atoms with Crippen LogP contribution in [0, 0.1) is 6.92 Å². The zero-order chi connectivity index (χ0) is 14.0. The predicted octanol–water partition coefficient (Wildman–Crippen LogP) is 3.66. The maximum atomic E-state index is 12.7. The monoisotopic (exact) mass is 287 g/mol. The number of aromatic nitrogens is 1. The highest BCUT2D eigenvalue weighted by atomic mass is 32.1. The number of nitrogens with two attached hydrogens (primary N) is 1. The van der Waals surface area contributed by atoms with E-state index in [0.29, 0.717) is 12.2 Å². The molecule has 0 bridgehead atoms. The Bertz CT molecular complexity index is 578. The van der Waals surface area contributed by atoms with Gasteiger partial charge in [0.1, 0.15) is 5.01 Å². The Morgan fingerprint density at radius 2 is 2.11 bits per heavy atom. The molecule has 102 valence electrons. The largest absolute Gasteiger partial charge is 0.418 e. The number of thiazole rings is 1. The zero-order valence-corrected chi connectivity index (χ0v) is 10.9. The zero-order valence-electron chi connectivity index (χ0n) is 10.1. The summed E-state index contributed by atoms with van der Waals surface area (Å²) in [4.78, 5) is 5.19. The first-order chi connectivity index (χ1) is 8.86. The Hall–Kier alpha value is -1.76. The van der Waals surface area contributed by atoms with Crippen LogP contribution in [0.1, 0.15) is 15.4 Å². The molecule has 0 aliphatic carbocycles. The van der Waals surface area contributed by atoms with Crippen molar-refractivity contribution in [3.05, 3.63) is 39.8 Å². The van der Waals surface area contributed by atoms with E-state index in [-0.39, 0.29) is 5.69 Å². The number of anilines is 2. The molecule has 0 radical (unpaired) electrons. The molecule has 1 heterocycles. The van der Waals surface area contributed by atoms with Crippen LogP contribution in [0.25, 0.3) is 0 Å². The smallest absolute Gasteiger partial charge is 0.398 e. The van der Waals surface area contributed by atoms with Gasteiger partial charge in [0.15, 0.2) is 0 Å². The van der Waals surface area contributed by atoms with Crippen molar-refractivity contribution in [1.82, 2.24) is 4.98 Å². The number of benzene rings is 1. The summed E-state index contributed by atoms with van der Waals surface area (Å²) in [5.74, 6) is 0. The van der Waals surface area contributed by atoms with Gasteiger partial charge in [-0.15, -0.1) is 11.3 Å². The summed E-state index contributed by atoms with van der Waals surface area (Å²) < 4.78 is 38.0. The average Bonchev–Trinajstić information content (AvgIpc) is 2.72. The van der Waals surface area contributed by atoms with Gasteiger partial charge in [0.05, 0.1) is 12.1 Å². The van der Waals surface area contributed by atoms with E-state index in [1.165, 1.54) is 23.5 Å². The van der Waals surface area contributed by atoms with E-state index in [9.17, 15) is 13.2 Å². The van der Waals surface area contributed by atoms with Gasteiger partial charge in [-0.05, 0) is 25.1 Å². The Labute approximate surface area is 112 Å². The number of nitrogens with zero attached hydrogens (tertiary/aromatic N) is 1. The van der Waals surface area contributed by atoms with Gasteiger partial charge in [0.2, 0.25) is 0 Å². The Kier molecular flexibility index (Phi) is 3.66. The van der Waals surface area contributed by atoms with Gasteiger partial charge in [-0.2, -0.15) is 13.2 Å². The van der Waals surface area contributed by atoms with Crippen LogP contribution < -0.4 is 11.1 Å². The third kappa shape index (κ3) is 3.37. The predicted molar refractivity (Wildman–Crippen MR) is 70.0 cm³/mol. The summed E-state index contributed by atoms with van der Waals surface area (Å²) in [7, 11) is 0. The third-order valence-electron chi connectivity index (χ3n) is 2.47. The highest BCUT2D eigenvalue weighted by Crippen LogP contribution is 2.35. The number of nitrogens with one attached hydrogen (secondary N) is 1. The Morgan fingerprint density at radius 1 is 1.37 bits per heavy atom. The molecule has 0 saturated heterocycles. The quantitative estimate of drug-likeness (QED) is 0.847. The number of aryl methyl sites for hydroxylation is 1. The van der Waals surface area contributed by atoms with E-state index < -0.39 is 11.7 Å². The lowest BCUT2D eigenvalue weighted by Crippen LogP contribution is -2.10. The summed E-state index contributed by atoms with van der Waals surface area (Å²) in [6.07, 6.45) is -2.72. The average molecular weight is 287 g/mol. The summed E-state index contributed by atoms with van der Waals surface area (Å²) >= 11 is 1.50. The van der Waals surface area contributed by atoms with Crippen molar-refractivity contribution in [3.8, 4) is 0 Å². The number of alkyl halides is 3. The first-order valence-corrected chi connectivity index (χ1v) is 6.30. The summed E-state index contributed by atoms with van der Waals surface area (Å²) in [6.45, 7) is 2.31. The van der Waals surface area contributed by atoms with Gasteiger partial charge in [-0.1, -0.05) is 0 Å². The molecule has 3 N–H and O–H groups in total. The van der Waals surface area contributed by atoms with Crippen LogP contribution in [-0.2, 0) is 12.7 Å². The maximum Gasteiger partial charge on any atom is 0.418 e. The van der Waals surface area contributed by atoms with E-state index in [4.69, 9.17) is 5.73 Å². The molecule has 0 amide bonds. The highest BCUT2D eigenvalue weighted by Gasteiger charge is 2.33. The molecule has 2 aromatic rings. The van der Waals surface area contributed by atoms with Gasteiger partial charge in [0.25, 0.3) is 0 Å². The molecule has 7 heteroatoms. The van der Waals surface area contributed by atoms with E-state index in [1.54, 1.807) is 6.20 Å². The first-order valence-electron chi connectivity index (χ1n) is 5.48. The van der Waals surface area contributed by atoms with Crippen LogP contribution in [0.15, 0.2) is 24.4 Å². The molecule has 19 heavy (non-hydrogen) atoms. The van der Waals surface area contributed by atoms with Crippen molar-refractivity contribution >= 4 is 22.7 Å². The number of nitrogen functional groups attached to an aromatic ring is 1. The fourth-order valence-electron chi connectivity index (χ4n) is 1.57. The Morgan fingerprint density at radius 3 is 2.68 bits per heavy atom. The fraction of sp³-hybridized carbons (Fsp3) is 0.250. The van der Waals surface area contributed by atoms with Crippen molar-refractivity contribution in [2.75, 3.05) is 11.1 Å². The number of halogens is 3. The molecule has 0 aliphatic rings. The summed E-state index contributed by atoms with van der Waals surface area (Å²) in [5, 5.41) is 3.73. The van der Waals surface area contributed by atoms with Crippen LogP contribution in [-0.4, -0.2) is 4.98 Å². The van der Waals surface area contributed by atoms with E-state index in [0.717, 1.165) is 16.0 Å². The van der Waals surface area contributed by atoms with Gasteiger partial charge in [0, 0.05) is 22.4 Å². The van der Waals surface area contributed by atoms with Gasteiger partial charge in [-0.3, -0.25) is 0 Å². The second kappa shape index (κ2) is 5.08.